The summed E-state index contributed by atoms with van der Waals surface area (Å²) in [6.45, 7) is 7.57. The quantitative estimate of drug-likeness (QED) is 0.465. The lowest BCUT2D eigenvalue weighted by atomic mass is 9.48. The van der Waals surface area contributed by atoms with Crippen molar-refractivity contribution in [3.63, 3.8) is 0 Å². The molecule has 0 spiro atoms. The Morgan fingerprint density at radius 1 is 0.741 bits per heavy atom. The lowest BCUT2D eigenvalue weighted by Gasteiger charge is -2.52. The van der Waals surface area contributed by atoms with Gasteiger partial charge in [0.2, 0.25) is 0 Å². The highest BCUT2D eigenvalue weighted by Crippen LogP contribution is 2.57. The maximum Gasteiger partial charge on any atom is 0.321 e. The molecule has 1 aliphatic carbocycles. The standard InChI is InChI=1S/C19H30O8/c1-9(2)18(14(20)21,15(22)23)12-8-6-7-11(5)13(12)19(10(3)4,16(24)25)17(26)27/h9-13H,6-8H2,1-5H3,(H,20,21)(H,22,23)(H,24,25)(H,26,27). The first-order valence-corrected chi connectivity index (χ1v) is 9.24. The lowest BCUT2D eigenvalue weighted by molar-refractivity contribution is -0.197. The van der Waals surface area contributed by atoms with E-state index in [0.29, 0.717) is 12.8 Å². The normalized spacial score (nSPS) is 24.0. The summed E-state index contributed by atoms with van der Waals surface area (Å²) in [6.07, 6.45) is 1.19. The second-order valence-corrected chi connectivity index (χ2v) is 8.31. The van der Waals surface area contributed by atoms with Gasteiger partial charge < -0.3 is 20.4 Å². The van der Waals surface area contributed by atoms with Gasteiger partial charge >= 0.3 is 23.9 Å². The van der Waals surface area contributed by atoms with Gasteiger partial charge in [0.15, 0.2) is 10.8 Å². The topological polar surface area (TPSA) is 149 Å². The molecule has 1 aliphatic rings. The van der Waals surface area contributed by atoms with E-state index < -0.39 is 64.3 Å². The Labute approximate surface area is 158 Å². The van der Waals surface area contributed by atoms with Crippen molar-refractivity contribution < 1.29 is 39.6 Å². The van der Waals surface area contributed by atoms with Gasteiger partial charge in [-0.25, -0.2) is 0 Å². The van der Waals surface area contributed by atoms with Gasteiger partial charge in [-0.15, -0.1) is 0 Å². The van der Waals surface area contributed by atoms with Gasteiger partial charge in [-0.1, -0.05) is 47.5 Å². The van der Waals surface area contributed by atoms with Gasteiger partial charge in [-0.3, -0.25) is 19.2 Å². The zero-order valence-corrected chi connectivity index (χ0v) is 16.4. The van der Waals surface area contributed by atoms with Crippen LogP contribution in [0.25, 0.3) is 0 Å². The Balaban J connectivity index is 3.89. The Morgan fingerprint density at radius 2 is 1.11 bits per heavy atom. The number of rotatable bonds is 8. The smallest absolute Gasteiger partial charge is 0.321 e. The first kappa shape index (κ1) is 22.9. The summed E-state index contributed by atoms with van der Waals surface area (Å²) in [5.41, 5.74) is -4.53. The van der Waals surface area contributed by atoms with Gasteiger partial charge in [0, 0.05) is 0 Å². The second-order valence-electron chi connectivity index (χ2n) is 8.31. The fourth-order valence-corrected chi connectivity index (χ4v) is 5.28. The molecule has 3 unspecified atom stereocenters. The van der Waals surface area contributed by atoms with Crippen LogP contribution in [0.3, 0.4) is 0 Å². The van der Waals surface area contributed by atoms with Crippen molar-refractivity contribution in [2.45, 2.75) is 53.9 Å². The van der Waals surface area contributed by atoms with Crippen LogP contribution in [-0.4, -0.2) is 44.3 Å². The summed E-state index contributed by atoms with van der Waals surface area (Å²) >= 11 is 0. The molecule has 0 amide bonds. The summed E-state index contributed by atoms with van der Waals surface area (Å²) in [5, 5.41) is 39.8. The van der Waals surface area contributed by atoms with Crippen LogP contribution in [0.15, 0.2) is 0 Å². The molecule has 0 radical (unpaired) electrons. The monoisotopic (exact) mass is 386 g/mol. The molecule has 0 aromatic rings. The predicted molar refractivity (Wildman–Crippen MR) is 95.1 cm³/mol. The third-order valence-electron chi connectivity index (χ3n) is 6.57. The van der Waals surface area contributed by atoms with E-state index in [1.54, 1.807) is 6.92 Å². The summed E-state index contributed by atoms with van der Waals surface area (Å²) in [4.78, 5) is 48.9. The van der Waals surface area contributed by atoms with Crippen LogP contribution in [0, 0.1) is 40.4 Å². The molecule has 27 heavy (non-hydrogen) atoms. The number of aliphatic carboxylic acids is 4. The molecule has 1 fully saturated rings. The minimum Gasteiger partial charge on any atom is -0.480 e. The third-order valence-corrected chi connectivity index (χ3v) is 6.57. The molecule has 0 aliphatic heterocycles. The molecule has 8 nitrogen and oxygen atoms in total. The Morgan fingerprint density at radius 3 is 1.41 bits per heavy atom. The van der Waals surface area contributed by atoms with Gasteiger partial charge in [0.1, 0.15) is 0 Å². The fourth-order valence-electron chi connectivity index (χ4n) is 5.28. The van der Waals surface area contributed by atoms with Crippen LogP contribution in [0.4, 0.5) is 0 Å². The van der Waals surface area contributed by atoms with E-state index in [1.807, 2.05) is 0 Å². The van der Waals surface area contributed by atoms with E-state index in [4.69, 9.17) is 0 Å². The number of carbonyl (C=O) groups is 4. The van der Waals surface area contributed by atoms with E-state index in [2.05, 4.69) is 0 Å². The molecular weight excluding hydrogens is 356 g/mol. The summed E-state index contributed by atoms with van der Waals surface area (Å²) < 4.78 is 0. The predicted octanol–water partition coefficient (Wildman–Crippen LogP) is 2.66. The maximum absolute atomic E-state index is 12.3. The average molecular weight is 386 g/mol. The van der Waals surface area contributed by atoms with Crippen molar-refractivity contribution in [3.8, 4) is 0 Å². The van der Waals surface area contributed by atoms with Crippen molar-refractivity contribution >= 4 is 23.9 Å². The minimum absolute atomic E-state index is 0.154. The van der Waals surface area contributed by atoms with Crippen molar-refractivity contribution in [3.05, 3.63) is 0 Å². The highest BCUT2D eigenvalue weighted by Gasteiger charge is 2.67. The van der Waals surface area contributed by atoms with E-state index >= 15 is 0 Å². The van der Waals surface area contributed by atoms with Crippen LogP contribution >= 0.6 is 0 Å². The van der Waals surface area contributed by atoms with E-state index in [9.17, 15) is 39.6 Å². The summed E-state index contributed by atoms with van der Waals surface area (Å²) in [6, 6.07) is 0. The highest BCUT2D eigenvalue weighted by atomic mass is 16.4. The summed E-state index contributed by atoms with van der Waals surface area (Å²) in [5.74, 6) is -10.6. The summed E-state index contributed by atoms with van der Waals surface area (Å²) in [7, 11) is 0. The second kappa shape index (κ2) is 7.86. The Kier molecular flexibility index (Phi) is 6.67. The maximum atomic E-state index is 12.3. The van der Waals surface area contributed by atoms with Crippen molar-refractivity contribution in [1.29, 1.82) is 0 Å². The third kappa shape index (κ3) is 3.19. The van der Waals surface area contributed by atoms with Crippen LogP contribution < -0.4 is 0 Å². The highest BCUT2D eigenvalue weighted by molar-refractivity contribution is 6.01. The molecule has 154 valence electrons. The zero-order chi connectivity index (χ0) is 21.3. The van der Waals surface area contributed by atoms with Crippen LogP contribution in [-0.2, 0) is 19.2 Å². The molecule has 8 heteroatoms. The van der Waals surface area contributed by atoms with Crippen LogP contribution in [0.5, 0.6) is 0 Å². The molecule has 0 saturated heterocycles. The first-order chi connectivity index (χ1) is 12.3. The molecule has 0 aromatic heterocycles. The zero-order valence-electron chi connectivity index (χ0n) is 16.4. The number of carboxylic acids is 4. The van der Waals surface area contributed by atoms with Gasteiger partial charge in [-0.2, -0.15) is 0 Å². The molecule has 0 heterocycles. The molecule has 3 atom stereocenters. The van der Waals surface area contributed by atoms with Gasteiger partial charge in [0.05, 0.1) is 0 Å². The largest absolute Gasteiger partial charge is 0.480 e. The molecular formula is C19H30O8. The van der Waals surface area contributed by atoms with Crippen LogP contribution in [0.1, 0.15) is 53.9 Å². The number of hydrogen-bond donors (Lipinski definition) is 4. The number of carboxylic acid groups (broad SMARTS) is 4. The molecule has 1 saturated carbocycles. The molecule has 0 aromatic carbocycles. The van der Waals surface area contributed by atoms with Gasteiger partial charge in [-0.05, 0) is 36.0 Å². The average Bonchev–Trinajstić information content (AvgIpc) is 2.48. The van der Waals surface area contributed by atoms with E-state index in [0.717, 1.165) is 0 Å². The van der Waals surface area contributed by atoms with Crippen molar-refractivity contribution in [2.75, 3.05) is 0 Å². The number of hydrogen-bond acceptors (Lipinski definition) is 4. The Bertz CT molecular complexity index is 593. The van der Waals surface area contributed by atoms with Crippen molar-refractivity contribution in [1.82, 2.24) is 0 Å². The van der Waals surface area contributed by atoms with E-state index in [1.165, 1.54) is 27.7 Å². The van der Waals surface area contributed by atoms with Gasteiger partial charge in [0.25, 0.3) is 0 Å². The first-order valence-electron chi connectivity index (χ1n) is 9.24. The molecule has 0 bridgehead atoms. The Hall–Kier alpha value is -2.12. The van der Waals surface area contributed by atoms with Crippen molar-refractivity contribution in [2.24, 2.45) is 40.4 Å². The van der Waals surface area contributed by atoms with Crippen LogP contribution in [0.2, 0.25) is 0 Å². The molecule has 1 rings (SSSR count). The lowest BCUT2D eigenvalue weighted by Crippen LogP contribution is -2.62. The SMILES string of the molecule is CC1CCCC(C(C(=O)O)(C(=O)O)C(C)C)C1C(C(=O)O)(C(=O)O)C(C)C. The minimum atomic E-state index is -2.27. The van der Waals surface area contributed by atoms with E-state index in [-0.39, 0.29) is 6.42 Å². The fraction of sp³-hybridized carbons (Fsp3) is 0.789. The molecule has 4 N–H and O–H groups in total.